The van der Waals surface area contributed by atoms with Crippen LogP contribution in [0.2, 0.25) is 0 Å². The second-order valence-corrected chi connectivity index (χ2v) is 6.22. The highest BCUT2D eigenvalue weighted by atomic mass is 32.1. The van der Waals surface area contributed by atoms with Gasteiger partial charge in [-0.15, -0.1) is 0 Å². The van der Waals surface area contributed by atoms with Gasteiger partial charge in [-0.05, 0) is 32.1 Å². The van der Waals surface area contributed by atoms with E-state index in [2.05, 4.69) is 16.9 Å². The first-order valence-electron chi connectivity index (χ1n) is 8.03. The molecule has 0 aliphatic rings. The lowest BCUT2D eigenvalue weighted by Gasteiger charge is -2.20. The van der Waals surface area contributed by atoms with E-state index in [-0.39, 0.29) is 29.3 Å². The molecule has 0 radical (unpaired) electrons. The number of hydrogen-bond donors (Lipinski definition) is 3. The number of H-pyrrole nitrogens is 1. The molecule has 0 bridgehead atoms. The van der Waals surface area contributed by atoms with Crippen LogP contribution in [0.5, 0.6) is 0 Å². The van der Waals surface area contributed by atoms with Gasteiger partial charge in [-0.1, -0.05) is 6.58 Å². The molecule has 1 amide bonds. The Morgan fingerprint density at radius 3 is 2.69 bits per heavy atom. The van der Waals surface area contributed by atoms with Crippen molar-refractivity contribution >= 4 is 23.7 Å². The number of amides is 1. The number of carbonyl (C=O) groups excluding carboxylic acids is 1. The van der Waals surface area contributed by atoms with Gasteiger partial charge >= 0.3 is 0 Å². The summed E-state index contributed by atoms with van der Waals surface area (Å²) in [4.78, 5) is 26.7. The molecular weight excluding hydrogens is 356 g/mol. The normalized spacial score (nSPS) is 13.8. The highest BCUT2D eigenvalue weighted by molar-refractivity contribution is 7.71. The van der Waals surface area contributed by atoms with Crippen LogP contribution in [0.1, 0.15) is 19.5 Å². The summed E-state index contributed by atoms with van der Waals surface area (Å²) in [5, 5.41) is 2.79. The summed E-state index contributed by atoms with van der Waals surface area (Å²) in [6.45, 7) is 7.79. The Morgan fingerprint density at radius 2 is 2.15 bits per heavy atom. The van der Waals surface area contributed by atoms with Crippen molar-refractivity contribution in [2.75, 3.05) is 20.8 Å². The van der Waals surface area contributed by atoms with Crippen LogP contribution in [0.15, 0.2) is 29.3 Å². The zero-order valence-corrected chi connectivity index (χ0v) is 16.3. The van der Waals surface area contributed by atoms with Gasteiger partial charge in [0.15, 0.2) is 4.77 Å². The fourth-order valence-corrected chi connectivity index (χ4v) is 2.38. The molecule has 1 heterocycles. The standard InChI is InChI=1S/C17H26N4O4S/c1-10(14(25-5)6-7-24-4)13-8-15(22)20-17(26)21(13)9-16(23)19-12(3)11(2)18/h6,8,11-12H,1,7,9,18H2,2-5H3,(H,19,23)(H,20,22,26). The molecule has 2 unspecified atom stereocenters. The Balaban J connectivity index is 3.25. The average Bonchev–Trinajstić information content (AvgIpc) is 2.57. The molecular formula is C17H26N4O4S. The lowest BCUT2D eigenvalue weighted by atomic mass is 10.1. The highest BCUT2D eigenvalue weighted by Gasteiger charge is 2.16. The molecule has 4 N–H and O–H groups in total. The van der Waals surface area contributed by atoms with Crippen LogP contribution in [0.25, 0.3) is 5.57 Å². The monoisotopic (exact) mass is 382 g/mol. The first-order chi connectivity index (χ1) is 12.2. The van der Waals surface area contributed by atoms with Crippen LogP contribution in [0.3, 0.4) is 0 Å². The molecule has 26 heavy (non-hydrogen) atoms. The van der Waals surface area contributed by atoms with Gasteiger partial charge in [0.1, 0.15) is 12.3 Å². The Bertz CT molecular complexity index is 795. The summed E-state index contributed by atoms with van der Waals surface area (Å²) < 4.78 is 11.9. The number of carbonyl (C=O) groups is 1. The van der Waals surface area contributed by atoms with Crippen LogP contribution in [0, 0.1) is 4.77 Å². The second-order valence-electron chi connectivity index (χ2n) is 5.83. The van der Waals surface area contributed by atoms with Gasteiger partial charge < -0.3 is 25.1 Å². The first-order valence-corrected chi connectivity index (χ1v) is 8.43. The van der Waals surface area contributed by atoms with E-state index in [9.17, 15) is 9.59 Å². The summed E-state index contributed by atoms with van der Waals surface area (Å²) in [6, 6.07) is 0.913. The number of aromatic nitrogens is 2. The lowest BCUT2D eigenvalue weighted by Crippen LogP contribution is -2.45. The minimum Gasteiger partial charge on any atom is -0.496 e. The Kier molecular flexibility index (Phi) is 8.43. The van der Waals surface area contributed by atoms with E-state index in [4.69, 9.17) is 27.4 Å². The second kappa shape index (κ2) is 10.0. The summed E-state index contributed by atoms with van der Waals surface area (Å²) >= 11 is 5.22. The summed E-state index contributed by atoms with van der Waals surface area (Å²) in [5.74, 6) is 0.136. The predicted octanol–water partition coefficient (Wildman–Crippen LogP) is 0.948. The molecule has 8 nitrogen and oxygen atoms in total. The van der Waals surface area contributed by atoms with E-state index in [0.717, 1.165) is 0 Å². The SMILES string of the molecule is C=C(C(=CCOC)OC)c1cc(=O)[nH]c(=S)n1CC(=O)NC(C)C(C)N. The number of aromatic amines is 1. The van der Waals surface area contributed by atoms with Gasteiger partial charge in [-0.25, -0.2) is 0 Å². The zero-order valence-electron chi connectivity index (χ0n) is 15.5. The van der Waals surface area contributed by atoms with E-state index in [0.29, 0.717) is 23.6 Å². The van der Waals surface area contributed by atoms with Crippen molar-refractivity contribution in [3.63, 3.8) is 0 Å². The van der Waals surface area contributed by atoms with Crippen molar-refractivity contribution < 1.29 is 14.3 Å². The minimum absolute atomic E-state index is 0.0949. The predicted molar refractivity (Wildman–Crippen MR) is 103 cm³/mol. The summed E-state index contributed by atoms with van der Waals surface area (Å²) in [6.07, 6.45) is 1.68. The Morgan fingerprint density at radius 1 is 1.50 bits per heavy atom. The molecule has 0 saturated heterocycles. The number of nitrogens with two attached hydrogens (primary N) is 1. The largest absolute Gasteiger partial charge is 0.496 e. The number of nitrogens with zero attached hydrogens (tertiary/aromatic N) is 1. The average molecular weight is 382 g/mol. The number of methoxy groups -OCH3 is 2. The third-order valence-electron chi connectivity index (χ3n) is 3.77. The summed E-state index contributed by atoms with van der Waals surface area (Å²) in [7, 11) is 3.03. The molecule has 144 valence electrons. The molecule has 0 fully saturated rings. The van der Waals surface area contributed by atoms with E-state index in [1.165, 1.54) is 17.7 Å². The number of nitrogens with one attached hydrogen (secondary N) is 2. The maximum atomic E-state index is 12.3. The third kappa shape index (κ3) is 5.94. The van der Waals surface area contributed by atoms with Gasteiger partial charge in [0.25, 0.3) is 5.56 Å². The van der Waals surface area contributed by atoms with Crippen molar-refractivity contribution in [2.45, 2.75) is 32.5 Å². The van der Waals surface area contributed by atoms with Crippen LogP contribution in [-0.2, 0) is 20.8 Å². The van der Waals surface area contributed by atoms with E-state index >= 15 is 0 Å². The smallest absolute Gasteiger partial charge is 0.252 e. The first kappa shape index (κ1) is 21.8. The number of hydrogen-bond acceptors (Lipinski definition) is 6. The van der Waals surface area contributed by atoms with E-state index < -0.39 is 5.56 Å². The number of ether oxygens (including phenoxy) is 2. The van der Waals surface area contributed by atoms with Crippen molar-refractivity contribution in [2.24, 2.45) is 5.73 Å². The van der Waals surface area contributed by atoms with Crippen LogP contribution in [0.4, 0.5) is 0 Å². The number of rotatable bonds is 9. The van der Waals surface area contributed by atoms with Crippen LogP contribution in [-0.4, -0.2) is 48.4 Å². The number of allylic oxidation sites excluding steroid dienone is 1. The molecule has 0 aliphatic carbocycles. The molecule has 0 saturated carbocycles. The lowest BCUT2D eigenvalue weighted by molar-refractivity contribution is -0.122. The quantitative estimate of drug-likeness (QED) is 0.333. The molecule has 1 aromatic rings. The molecule has 9 heteroatoms. The Labute approximate surface area is 157 Å². The maximum absolute atomic E-state index is 12.3. The van der Waals surface area contributed by atoms with Gasteiger partial charge in [0.2, 0.25) is 5.91 Å². The van der Waals surface area contributed by atoms with Crippen molar-refractivity contribution in [3.8, 4) is 0 Å². The molecule has 0 spiro atoms. The molecule has 1 aromatic heterocycles. The molecule has 1 rings (SSSR count). The van der Waals surface area contributed by atoms with Crippen molar-refractivity contribution in [1.29, 1.82) is 0 Å². The van der Waals surface area contributed by atoms with E-state index in [1.807, 2.05) is 6.92 Å². The van der Waals surface area contributed by atoms with Crippen LogP contribution >= 0.6 is 12.2 Å². The van der Waals surface area contributed by atoms with Gasteiger partial charge in [-0.2, -0.15) is 0 Å². The third-order valence-corrected chi connectivity index (χ3v) is 4.10. The van der Waals surface area contributed by atoms with Crippen molar-refractivity contribution in [3.05, 3.63) is 45.3 Å². The maximum Gasteiger partial charge on any atom is 0.252 e. The van der Waals surface area contributed by atoms with Gasteiger partial charge in [-0.3, -0.25) is 14.6 Å². The fraction of sp³-hybridized carbons (Fsp3) is 0.471. The fourth-order valence-electron chi connectivity index (χ4n) is 2.12. The van der Waals surface area contributed by atoms with Crippen molar-refractivity contribution in [1.82, 2.24) is 14.9 Å². The minimum atomic E-state index is -0.394. The Hall–Kier alpha value is -2.23. The highest BCUT2D eigenvalue weighted by Crippen LogP contribution is 2.20. The van der Waals surface area contributed by atoms with E-state index in [1.54, 1.807) is 20.1 Å². The molecule has 0 aliphatic heterocycles. The summed E-state index contributed by atoms with van der Waals surface area (Å²) in [5.41, 5.74) is 6.17. The zero-order chi connectivity index (χ0) is 19.9. The topological polar surface area (TPSA) is 111 Å². The van der Waals surface area contributed by atoms with Gasteiger partial charge in [0, 0.05) is 30.8 Å². The van der Waals surface area contributed by atoms with Gasteiger partial charge in [0.05, 0.1) is 19.4 Å². The van der Waals surface area contributed by atoms with Crippen LogP contribution < -0.4 is 16.6 Å². The molecule has 0 aromatic carbocycles. The molecule has 2 atom stereocenters.